The molecule has 0 spiro atoms. The Kier molecular flexibility index (Phi) is 3.72. The average Bonchev–Trinajstić information content (AvgIpc) is 3.11. The summed E-state index contributed by atoms with van der Waals surface area (Å²) in [4.78, 5) is 0. The molecule has 1 N–H and O–H groups in total. The van der Waals surface area contributed by atoms with Crippen molar-refractivity contribution in [2.75, 3.05) is 19.8 Å². The molecule has 1 aliphatic heterocycles. The highest BCUT2D eigenvalue weighted by Gasteiger charge is 2.55. The van der Waals surface area contributed by atoms with Gasteiger partial charge in [-0.1, -0.05) is 19.8 Å². The molecule has 3 unspecified atom stereocenters. The number of rotatable bonds is 4. The minimum Gasteiger partial charge on any atom is -0.381 e. The van der Waals surface area contributed by atoms with Crippen LogP contribution in [-0.2, 0) is 4.74 Å². The summed E-state index contributed by atoms with van der Waals surface area (Å²) in [5.74, 6) is 4.06. The molecule has 17 heavy (non-hydrogen) atoms. The van der Waals surface area contributed by atoms with Crippen molar-refractivity contribution >= 4 is 0 Å². The maximum atomic E-state index is 5.52. The molecule has 2 aliphatic carbocycles. The van der Waals surface area contributed by atoms with Crippen molar-refractivity contribution in [2.24, 2.45) is 23.7 Å². The molecule has 0 aromatic carbocycles. The van der Waals surface area contributed by atoms with Gasteiger partial charge in [0, 0.05) is 19.3 Å². The van der Waals surface area contributed by atoms with Crippen LogP contribution in [0.15, 0.2) is 0 Å². The van der Waals surface area contributed by atoms with Gasteiger partial charge in [-0.2, -0.15) is 0 Å². The maximum Gasteiger partial charge on any atom is 0.0469 e. The molecule has 3 rings (SSSR count). The third-order valence-corrected chi connectivity index (χ3v) is 5.35. The van der Waals surface area contributed by atoms with E-state index in [0.717, 1.165) is 49.5 Å². The molecule has 0 aromatic rings. The van der Waals surface area contributed by atoms with Crippen LogP contribution in [0, 0.1) is 23.7 Å². The number of fused-ring (bicyclic) bond motifs is 1. The Morgan fingerprint density at radius 1 is 1.06 bits per heavy atom. The molecule has 2 saturated carbocycles. The number of ether oxygens (including phenoxy) is 1. The number of nitrogens with one attached hydrogen (secondary N) is 1. The minimum atomic E-state index is 0.803. The molecule has 3 aliphatic rings. The molecule has 0 amide bonds. The zero-order valence-corrected chi connectivity index (χ0v) is 11.2. The number of hydrogen-bond donors (Lipinski definition) is 1. The summed E-state index contributed by atoms with van der Waals surface area (Å²) < 4.78 is 5.52. The first-order chi connectivity index (χ1) is 8.42. The SMILES string of the molecule is CCNC(C1CCOCC1)C1C2CCCCC21. The molecule has 2 heteroatoms. The lowest BCUT2D eigenvalue weighted by Gasteiger charge is -2.31. The Bertz CT molecular complexity index is 237. The fraction of sp³-hybridized carbons (Fsp3) is 1.00. The van der Waals surface area contributed by atoms with Gasteiger partial charge in [0.05, 0.1) is 0 Å². The smallest absolute Gasteiger partial charge is 0.0469 e. The van der Waals surface area contributed by atoms with Crippen LogP contribution in [0.5, 0.6) is 0 Å². The average molecular weight is 237 g/mol. The summed E-state index contributed by atoms with van der Waals surface area (Å²) in [6.07, 6.45) is 8.58. The molecular weight excluding hydrogens is 210 g/mol. The maximum absolute atomic E-state index is 5.52. The zero-order valence-electron chi connectivity index (χ0n) is 11.2. The largest absolute Gasteiger partial charge is 0.381 e. The van der Waals surface area contributed by atoms with Crippen LogP contribution in [0.1, 0.15) is 45.4 Å². The van der Waals surface area contributed by atoms with Crippen molar-refractivity contribution in [2.45, 2.75) is 51.5 Å². The van der Waals surface area contributed by atoms with Gasteiger partial charge in [0.1, 0.15) is 0 Å². The molecule has 0 bridgehead atoms. The van der Waals surface area contributed by atoms with Gasteiger partial charge in [0.2, 0.25) is 0 Å². The van der Waals surface area contributed by atoms with Gasteiger partial charge in [0.15, 0.2) is 0 Å². The van der Waals surface area contributed by atoms with E-state index in [1.165, 1.54) is 38.5 Å². The van der Waals surface area contributed by atoms with Crippen LogP contribution in [0.2, 0.25) is 0 Å². The Balaban J connectivity index is 1.63. The molecule has 98 valence electrons. The Morgan fingerprint density at radius 2 is 1.71 bits per heavy atom. The summed E-state index contributed by atoms with van der Waals surface area (Å²) >= 11 is 0. The lowest BCUT2D eigenvalue weighted by atomic mass is 9.87. The van der Waals surface area contributed by atoms with Crippen LogP contribution < -0.4 is 5.32 Å². The van der Waals surface area contributed by atoms with E-state index in [0.29, 0.717) is 0 Å². The summed E-state index contributed by atoms with van der Waals surface area (Å²) in [6, 6.07) is 0.803. The van der Waals surface area contributed by atoms with Gasteiger partial charge in [-0.15, -0.1) is 0 Å². The first kappa shape index (κ1) is 12.0. The summed E-state index contributed by atoms with van der Waals surface area (Å²) in [7, 11) is 0. The van der Waals surface area contributed by atoms with Crippen LogP contribution in [-0.4, -0.2) is 25.8 Å². The van der Waals surface area contributed by atoms with E-state index in [2.05, 4.69) is 12.2 Å². The minimum absolute atomic E-state index is 0.803. The van der Waals surface area contributed by atoms with Gasteiger partial charge in [-0.25, -0.2) is 0 Å². The second-order valence-corrected chi connectivity index (χ2v) is 6.22. The monoisotopic (exact) mass is 237 g/mol. The third-order valence-electron chi connectivity index (χ3n) is 5.35. The summed E-state index contributed by atoms with van der Waals surface area (Å²) in [5.41, 5.74) is 0. The Labute approximate surface area is 105 Å². The highest BCUT2D eigenvalue weighted by Crippen LogP contribution is 2.58. The van der Waals surface area contributed by atoms with E-state index in [4.69, 9.17) is 4.74 Å². The number of hydrogen-bond acceptors (Lipinski definition) is 2. The molecule has 3 atom stereocenters. The van der Waals surface area contributed by atoms with Gasteiger partial charge in [0.25, 0.3) is 0 Å². The highest BCUT2D eigenvalue weighted by molar-refractivity contribution is 5.06. The topological polar surface area (TPSA) is 21.3 Å². The van der Waals surface area contributed by atoms with E-state index in [-0.39, 0.29) is 0 Å². The van der Waals surface area contributed by atoms with Crippen molar-refractivity contribution in [3.05, 3.63) is 0 Å². The predicted octanol–water partition coefficient (Wildman–Crippen LogP) is 2.83. The zero-order chi connectivity index (χ0) is 11.7. The first-order valence-corrected chi connectivity index (χ1v) is 7.73. The fourth-order valence-corrected chi connectivity index (χ4v) is 4.51. The van der Waals surface area contributed by atoms with Gasteiger partial charge in [-0.3, -0.25) is 0 Å². The molecule has 1 saturated heterocycles. The van der Waals surface area contributed by atoms with E-state index < -0.39 is 0 Å². The van der Waals surface area contributed by atoms with E-state index in [9.17, 15) is 0 Å². The van der Waals surface area contributed by atoms with Crippen molar-refractivity contribution in [3.63, 3.8) is 0 Å². The molecule has 3 fully saturated rings. The van der Waals surface area contributed by atoms with Gasteiger partial charge < -0.3 is 10.1 Å². The lowest BCUT2D eigenvalue weighted by Crippen LogP contribution is -2.41. The summed E-state index contributed by atoms with van der Waals surface area (Å²) in [6.45, 7) is 5.39. The molecule has 2 nitrogen and oxygen atoms in total. The standard InChI is InChI=1S/C15H27NO/c1-2-16-15(11-7-9-17-10-8-11)14-12-5-3-4-6-13(12)14/h11-16H,2-10H2,1H3. The normalized spacial score (nSPS) is 39.7. The third kappa shape index (κ3) is 2.39. The molecule has 1 heterocycles. The second-order valence-electron chi connectivity index (χ2n) is 6.22. The quantitative estimate of drug-likeness (QED) is 0.812. The second kappa shape index (κ2) is 5.27. The van der Waals surface area contributed by atoms with Crippen LogP contribution in [0.25, 0.3) is 0 Å². The highest BCUT2D eigenvalue weighted by atomic mass is 16.5. The van der Waals surface area contributed by atoms with E-state index in [1.807, 2.05) is 0 Å². The van der Waals surface area contributed by atoms with Crippen LogP contribution in [0.3, 0.4) is 0 Å². The van der Waals surface area contributed by atoms with Crippen LogP contribution >= 0.6 is 0 Å². The van der Waals surface area contributed by atoms with E-state index in [1.54, 1.807) is 0 Å². The van der Waals surface area contributed by atoms with Crippen molar-refractivity contribution < 1.29 is 4.74 Å². The first-order valence-electron chi connectivity index (χ1n) is 7.73. The van der Waals surface area contributed by atoms with E-state index >= 15 is 0 Å². The Morgan fingerprint density at radius 3 is 2.29 bits per heavy atom. The van der Waals surface area contributed by atoms with Crippen molar-refractivity contribution in [3.8, 4) is 0 Å². The van der Waals surface area contributed by atoms with Crippen molar-refractivity contribution in [1.82, 2.24) is 5.32 Å². The Hall–Kier alpha value is -0.0800. The lowest BCUT2D eigenvalue weighted by molar-refractivity contribution is 0.0495. The van der Waals surface area contributed by atoms with Crippen LogP contribution in [0.4, 0.5) is 0 Å². The van der Waals surface area contributed by atoms with Gasteiger partial charge >= 0.3 is 0 Å². The molecular formula is C15H27NO. The summed E-state index contributed by atoms with van der Waals surface area (Å²) in [5, 5.41) is 3.82. The molecule has 0 radical (unpaired) electrons. The van der Waals surface area contributed by atoms with Gasteiger partial charge in [-0.05, 0) is 55.9 Å². The fourth-order valence-electron chi connectivity index (χ4n) is 4.51. The van der Waals surface area contributed by atoms with Crippen molar-refractivity contribution in [1.29, 1.82) is 0 Å². The molecule has 0 aromatic heterocycles. The predicted molar refractivity (Wildman–Crippen MR) is 69.9 cm³/mol.